The molecule has 0 fully saturated rings. The Morgan fingerprint density at radius 3 is 2.61 bits per heavy atom. The zero-order chi connectivity index (χ0) is 13.7. The second kappa shape index (κ2) is 5.95. The third kappa shape index (κ3) is 3.41. The summed E-state index contributed by atoms with van der Waals surface area (Å²) in [6.07, 6.45) is -2.71. The van der Waals surface area contributed by atoms with Crippen LogP contribution in [0.25, 0.3) is 0 Å². The van der Waals surface area contributed by atoms with Gasteiger partial charge >= 0.3 is 5.97 Å². The maximum absolute atomic E-state index is 12.5. The number of methoxy groups -OCH3 is 1. The van der Waals surface area contributed by atoms with E-state index in [1.165, 1.54) is 13.2 Å². The monoisotopic (exact) mass is 259 g/mol. The highest BCUT2D eigenvalue weighted by atomic mass is 19.3. The van der Waals surface area contributed by atoms with Crippen LogP contribution in [0.3, 0.4) is 0 Å². The lowest BCUT2D eigenvalue weighted by Gasteiger charge is -2.09. The van der Waals surface area contributed by atoms with Crippen LogP contribution in [0.5, 0.6) is 5.75 Å². The number of halogens is 2. The van der Waals surface area contributed by atoms with E-state index in [0.717, 1.165) is 12.1 Å². The van der Waals surface area contributed by atoms with Gasteiger partial charge in [-0.15, -0.1) is 0 Å². The largest absolute Gasteiger partial charge is 0.496 e. The molecule has 0 aliphatic rings. The van der Waals surface area contributed by atoms with E-state index < -0.39 is 24.8 Å². The number of ether oxygens (including phenoxy) is 1. The van der Waals surface area contributed by atoms with Gasteiger partial charge in [-0.25, -0.2) is 8.78 Å². The van der Waals surface area contributed by atoms with Crippen LogP contribution in [0.2, 0.25) is 0 Å². The number of carboxylic acids is 1. The van der Waals surface area contributed by atoms with Crippen LogP contribution >= 0.6 is 0 Å². The summed E-state index contributed by atoms with van der Waals surface area (Å²) in [6.45, 7) is -0.544. The minimum absolute atomic E-state index is 0.0532. The van der Waals surface area contributed by atoms with Crippen molar-refractivity contribution in [1.29, 1.82) is 0 Å². The van der Waals surface area contributed by atoms with Crippen molar-refractivity contribution in [1.82, 2.24) is 5.32 Å². The van der Waals surface area contributed by atoms with Crippen molar-refractivity contribution < 1.29 is 28.2 Å². The number of carbonyl (C=O) groups excluding carboxylic acids is 1. The quantitative estimate of drug-likeness (QED) is 0.839. The fraction of sp³-hybridized carbons (Fsp3) is 0.273. The van der Waals surface area contributed by atoms with Crippen molar-refractivity contribution in [2.75, 3.05) is 13.7 Å². The number of rotatable bonds is 5. The Hall–Kier alpha value is -2.18. The van der Waals surface area contributed by atoms with Crippen molar-refractivity contribution in [3.63, 3.8) is 0 Å². The molecule has 0 saturated heterocycles. The predicted octanol–water partition coefficient (Wildman–Crippen LogP) is 1.45. The van der Waals surface area contributed by atoms with Gasteiger partial charge in [-0.2, -0.15) is 0 Å². The van der Waals surface area contributed by atoms with Crippen molar-refractivity contribution in [2.24, 2.45) is 0 Å². The number of alkyl halides is 2. The topological polar surface area (TPSA) is 75.6 Å². The molecule has 0 radical (unpaired) electrons. The fourth-order valence-electron chi connectivity index (χ4n) is 1.29. The van der Waals surface area contributed by atoms with E-state index in [2.05, 4.69) is 5.32 Å². The molecule has 0 unspecified atom stereocenters. The summed E-state index contributed by atoms with van der Waals surface area (Å²) in [6, 6.07) is 3.39. The molecule has 1 aromatic carbocycles. The van der Waals surface area contributed by atoms with Gasteiger partial charge in [0, 0.05) is 5.56 Å². The molecule has 5 nitrogen and oxygen atoms in total. The van der Waals surface area contributed by atoms with Crippen LogP contribution in [-0.4, -0.2) is 30.6 Å². The van der Waals surface area contributed by atoms with Crippen molar-refractivity contribution in [3.8, 4) is 5.75 Å². The van der Waals surface area contributed by atoms with Gasteiger partial charge in [-0.05, 0) is 18.2 Å². The Balaban J connectivity index is 2.91. The van der Waals surface area contributed by atoms with Gasteiger partial charge in [0.05, 0.1) is 12.7 Å². The SMILES string of the molecule is COc1cc(C(=O)NCC(=O)O)ccc1C(F)F. The third-order valence-corrected chi connectivity index (χ3v) is 2.13. The Kier molecular flexibility index (Phi) is 4.59. The summed E-state index contributed by atoms with van der Waals surface area (Å²) >= 11 is 0. The molecule has 1 amide bonds. The predicted molar refractivity (Wildman–Crippen MR) is 57.9 cm³/mol. The van der Waals surface area contributed by atoms with E-state index in [-0.39, 0.29) is 16.9 Å². The van der Waals surface area contributed by atoms with Crippen LogP contribution in [-0.2, 0) is 4.79 Å². The number of aliphatic carboxylic acids is 1. The van der Waals surface area contributed by atoms with E-state index in [1.54, 1.807) is 0 Å². The number of benzene rings is 1. The van der Waals surface area contributed by atoms with Crippen LogP contribution in [0, 0.1) is 0 Å². The molecule has 18 heavy (non-hydrogen) atoms. The van der Waals surface area contributed by atoms with Crippen molar-refractivity contribution >= 4 is 11.9 Å². The van der Waals surface area contributed by atoms with Gasteiger partial charge in [0.2, 0.25) is 0 Å². The molecule has 0 bridgehead atoms. The molecule has 98 valence electrons. The van der Waals surface area contributed by atoms with Crippen LogP contribution in [0.1, 0.15) is 22.3 Å². The molecule has 0 atom stereocenters. The molecule has 0 spiro atoms. The second-order valence-corrected chi connectivity index (χ2v) is 3.33. The molecule has 1 rings (SSSR count). The smallest absolute Gasteiger partial charge is 0.322 e. The Bertz CT molecular complexity index is 462. The Morgan fingerprint density at radius 1 is 1.44 bits per heavy atom. The van der Waals surface area contributed by atoms with Crippen molar-refractivity contribution in [3.05, 3.63) is 29.3 Å². The molecular weight excluding hydrogens is 248 g/mol. The summed E-state index contributed by atoms with van der Waals surface area (Å²) in [5.74, 6) is -1.98. The lowest BCUT2D eigenvalue weighted by molar-refractivity contribution is -0.135. The van der Waals surface area contributed by atoms with E-state index in [9.17, 15) is 18.4 Å². The van der Waals surface area contributed by atoms with E-state index in [0.29, 0.717) is 0 Å². The highest BCUT2D eigenvalue weighted by molar-refractivity contribution is 5.96. The number of carbonyl (C=O) groups is 2. The number of hydrogen-bond acceptors (Lipinski definition) is 3. The minimum atomic E-state index is -2.71. The first kappa shape index (κ1) is 13.9. The maximum atomic E-state index is 12.5. The lowest BCUT2D eigenvalue weighted by atomic mass is 10.1. The summed E-state index contributed by atoms with van der Waals surface area (Å²) in [7, 11) is 1.21. The fourth-order valence-corrected chi connectivity index (χ4v) is 1.29. The van der Waals surface area contributed by atoms with E-state index in [1.807, 2.05) is 0 Å². The first-order chi connectivity index (χ1) is 8.45. The Labute approximate surface area is 101 Å². The number of hydrogen-bond donors (Lipinski definition) is 2. The first-order valence-corrected chi connectivity index (χ1v) is 4.91. The van der Waals surface area contributed by atoms with Gasteiger partial charge in [0.1, 0.15) is 12.3 Å². The van der Waals surface area contributed by atoms with E-state index >= 15 is 0 Å². The van der Waals surface area contributed by atoms with E-state index in [4.69, 9.17) is 9.84 Å². The molecule has 0 heterocycles. The third-order valence-electron chi connectivity index (χ3n) is 2.13. The first-order valence-electron chi connectivity index (χ1n) is 4.91. The van der Waals surface area contributed by atoms with Crippen molar-refractivity contribution in [2.45, 2.75) is 6.43 Å². The van der Waals surface area contributed by atoms with Gasteiger partial charge in [0.15, 0.2) is 0 Å². The second-order valence-electron chi connectivity index (χ2n) is 3.33. The molecule has 0 aromatic heterocycles. The Morgan fingerprint density at radius 2 is 2.11 bits per heavy atom. The zero-order valence-electron chi connectivity index (χ0n) is 9.44. The number of nitrogens with one attached hydrogen (secondary N) is 1. The highest BCUT2D eigenvalue weighted by Gasteiger charge is 2.16. The summed E-state index contributed by atoms with van der Waals surface area (Å²) in [4.78, 5) is 21.7. The molecule has 1 aromatic rings. The molecule has 7 heteroatoms. The average molecular weight is 259 g/mol. The van der Waals surface area contributed by atoms with Crippen LogP contribution < -0.4 is 10.1 Å². The zero-order valence-corrected chi connectivity index (χ0v) is 9.44. The lowest BCUT2D eigenvalue weighted by Crippen LogP contribution is -2.29. The average Bonchev–Trinajstić information content (AvgIpc) is 2.34. The minimum Gasteiger partial charge on any atom is -0.496 e. The van der Waals surface area contributed by atoms with Gasteiger partial charge in [-0.3, -0.25) is 9.59 Å². The molecular formula is C11H11F2NO4. The molecule has 0 aliphatic carbocycles. The van der Waals surface area contributed by atoms with Crippen LogP contribution in [0.15, 0.2) is 18.2 Å². The van der Waals surface area contributed by atoms with Gasteiger partial charge in [0.25, 0.3) is 12.3 Å². The summed E-state index contributed by atoms with van der Waals surface area (Å²) < 4.78 is 29.8. The standard InChI is InChI=1S/C11H11F2NO4/c1-18-8-4-6(2-3-7(8)10(12)13)11(17)14-5-9(15)16/h2-4,10H,5H2,1H3,(H,14,17)(H,15,16). The summed E-state index contributed by atoms with van der Waals surface area (Å²) in [5.41, 5.74) is -0.273. The van der Waals surface area contributed by atoms with Crippen LogP contribution in [0.4, 0.5) is 8.78 Å². The highest BCUT2D eigenvalue weighted by Crippen LogP contribution is 2.29. The van der Waals surface area contributed by atoms with Gasteiger partial charge < -0.3 is 15.2 Å². The van der Waals surface area contributed by atoms with Gasteiger partial charge in [-0.1, -0.05) is 0 Å². The number of carboxylic acid groups (broad SMARTS) is 1. The normalized spacial score (nSPS) is 10.2. The summed E-state index contributed by atoms with van der Waals surface area (Å²) in [5, 5.41) is 10.5. The molecule has 0 aliphatic heterocycles. The molecule has 2 N–H and O–H groups in total. The maximum Gasteiger partial charge on any atom is 0.322 e. The number of amides is 1. The molecule has 0 saturated carbocycles.